The Morgan fingerprint density at radius 1 is 1.03 bits per heavy atom. The lowest BCUT2D eigenvalue weighted by molar-refractivity contribution is -0.121. The number of hydrogen-bond acceptors (Lipinski definition) is 8. The first-order valence-electron chi connectivity index (χ1n) is 12.4. The summed E-state index contributed by atoms with van der Waals surface area (Å²) in [6, 6.07) is 13.0. The van der Waals surface area contributed by atoms with Crippen molar-refractivity contribution in [2.45, 2.75) is 24.7 Å². The van der Waals surface area contributed by atoms with Crippen molar-refractivity contribution in [3.63, 3.8) is 0 Å². The number of ether oxygens (including phenoxy) is 3. The van der Waals surface area contributed by atoms with E-state index < -0.39 is 20.0 Å². The Labute approximate surface area is 224 Å². The van der Waals surface area contributed by atoms with Crippen LogP contribution >= 0.6 is 0 Å². The number of anilines is 1. The number of benzene rings is 2. The lowest BCUT2D eigenvalue weighted by atomic mass is 10.2. The Kier molecular flexibility index (Phi) is 10.8. The molecule has 1 N–H and O–H groups in total. The number of sulfonamides is 2. The molecule has 0 aromatic heterocycles. The second kappa shape index (κ2) is 13.8. The maximum atomic E-state index is 12.7. The quantitative estimate of drug-likeness (QED) is 0.341. The van der Waals surface area contributed by atoms with Crippen LogP contribution in [0, 0.1) is 0 Å². The van der Waals surface area contributed by atoms with Crippen LogP contribution in [0.1, 0.15) is 19.8 Å². The van der Waals surface area contributed by atoms with E-state index in [1.54, 1.807) is 36.4 Å². The highest BCUT2D eigenvalue weighted by molar-refractivity contribution is 7.92. The van der Waals surface area contributed by atoms with Gasteiger partial charge in [-0.1, -0.05) is 12.1 Å². The van der Waals surface area contributed by atoms with Gasteiger partial charge >= 0.3 is 0 Å². The van der Waals surface area contributed by atoms with Crippen molar-refractivity contribution < 1.29 is 35.8 Å². The van der Waals surface area contributed by atoms with Crippen LogP contribution in [-0.4, -0.2) is 85.9 Å². The van der Waals surface area contributed by atoms with Crippen LogP contribution < -0.4 is 19.1 Å². The molecule has 0 spiro atoms. The minimum absolute atomic E-state index is 0.131. The summed E-state index contributed by atoms with van der Waals surface area (Å²) in [4.78, 5) is 12.4. The molecule has 1 fully saturated rings. The van der Waals surface area contributed by atoms with Gasteiger partial charge in [-0.15, -0.1) is 0 Å². The third kappa shape index (κ3) is 8.32. The van der Waals surface area contributed by atoms with Crippen molar-refractivity contribution in [1.82, 2.24) is 9.62 Å². The first kappa shape index (κ1) is 29.7. The van der Waals surface area contributed by atoms with E-state index in [0.717, 1.165) is 6.26 Å². The molecular formula is C25H35N3O8S2. The fourth-order valence-electron chi connectivity index (χ4n) is 3.88. The standard InChI is InChI=1S/C25H35N3O8S2/c1-3-35-24-8-5-4-7-23(24)28(37(2,30)31)15-6-9-25(29)26-14-18-36-21-10-12-22(13-11-21)38(32,33)27-16-19-34-20-17-27/h4-5,7-8,10-13H,3,6,9,14-20H2,1-2H3,(H,26,29). The first-order valence-corrected chi connectivity index (χ1v) is 15.7. The van der Waals surface area contributed by atoms with Crippen molar-refractivity contribution in [3.8, 4) is 11.5 Å². The Morgan fingerprint density at radius 2 is 1.71 bits per heavy atom. The summed E-state index contributed by atoms with van der Waals surface area (Å²) in [7, 11) is -7.14. The highest BCUT2D eigenvalue weighted by Gasteiger charge is 2.26. The average molecular weight is 570 g/mol. The zero-order chi connectivity index (χ0) is 27.6. The summed E-state index contributed by atoms with van der Waals surface area (Å²) in [5.41, 5.74) is 0.439. The fraction of sp³-hybridized carbons (Fsp3) is 0.480. The van der Waals surface area contributed by atoms with Gasteiger partial charge in [-0.2, -0.15) is 4.31 Å². The molecule has 1 aliphatic heterocycles. The first-order chi connectivity index (χ1) is 18.1. The molecule has 0 radical (unpaired) electrons. The van der Waals surface area contributed by atoms with E-state index >= 15 is 0 Å². The number of amides is 1. The molecule has 210 valence electrons. The van der Waals surface area contributed by atoms with Gasteiger partial charge in [-0.3, -0.25) is 9.10 Å². The molecule has 38 heavy (non-hydrogen) atoms. The number of nitrogens with one attached hydrogen (secondary N) is 1. The van der Waals surface area contributed by atoms with Gasteiger partial charge in [0.05, 0.1) is 43.2 Å². The topological polar surface area (TPSA) is 132 Å². The lowest BCUT2D eigenvalue weighted by Gasteiger charge is -2.26. The van der Waals surface area contributed by atoms with Crippen LogP contribution in [0.15, 0.2) is 53.4 Å². The summed E-state index contributed by atoms with van der Waals surface area (Å²) < 4.78 is 69.1. The SMILES string of the molecule is CCOc1ccccc1N(CCCC(=O)NCCOc1ccc(S(=O)(=O)N2CCOCC2)cc1)S(C)(=O)=O. The zero-order valence-corrected chi connectivity index (χ0v) is 23.3. The molecule has 1 amide bonds. The van der Waals surface area contributed by atoms with Crippen LogP contribution in [-0.2, 0) is 29.6 Å². The van der Waals surface area contributed by atoms with E-state index in [9.17, 15) is 21.6 Å². The number of nitrogens with zero attached hydrogens (tertiary/aromatic N) is 2. The largest absolute Gasteiger partial charge is 0.492 e. The summed E-state index contributed by atoms with van der Waals surface area (Å²) in [5, 5.41) is 2.74. The van der Waals surface area contributed by atoms with Gasteiger partial charge in [0.15, 0.2) is 0 Å². The second-order valence-electron chi connectivity index (χ2n) is 8.53. The predicted molar refractivity (Wildman–Crippen MR) is 144 cm³/mol. The minimum atomic E-state index is -3.57. The molecule has 0 saturated carbocycles. The van der Waals surface area contributed by atoms with Crippen LogP contribution in [0.5, 0.6) is 11.5 Å². The van der Waals surface area contributed by atoms with Crippen LogP contribution in [0.25, 0.3) is 0 Å². The monoisotopic (exact) mass is 569 g/mol. The highest BCUT2D eigenvalue weighted by atomic mass is 32.2. The minimum Gasteiger partial charge on any atom is -0.492 e. The Hall–Kier alpha value is -2.87. The van der Waals surface area contributed by atoms with E-state index in [0.29, 0.717) is 56.5 Å². The second-order valence-corrected chi connectivity index (χ2v) is 12.4. The van der Waals surface area contributed by atoms with Crippen LogP contribution in [0.4, 0.5) is 5.69 Å². The number of morpholine rings is 1. The van der Waals surface area contributed by atoms with Crippen LogP contribution in [0.3, 0.4) is 0 Å². The Balaban J connectivity index is 1.42. The molecule has 1 aliphatic rings. The molecular weight excluding hydrogens is 534 g/mol. The van der Waals surface area contributed by atoms with Crippen molar-refractivity contribution in [1.29, 1.82) is 0 Å². The highest BCUT2D eigenvalue weighted by Crippen LogP contribution is 2.30. The molecule has 1 saturated heterocycles. The third-order valence-corrected chi connectivity index (χ3v) is 8.82. The molecule has 2 aromatic carbocycles. The number of para-hydroxylation sites is 2. The molecule has 3 rings (SSSR count). The predicted octanol–water partition coefficient (Wildman–Crippen LogP) is 1.85. The van der Waals surface area contributed by atoms with Crippen molar-refractivity contribution in [3.05, 3.63) is 48.5 Å². The lowest BCUT2D eigenvalue weighted by Crippen LogP contribution is -2.40. The van der Waals surface area contributed by atoms with Gasteiger partial charge in [0, 0.05) is 26.1 Å². The number of carbonyl (C=O) groups is 1. The van der Waals surface area contributed by atoms with Gasteiger partial charge < -0.3 is 19.5 Å². The van der Waals surface area contributed by atoms with Crippen molar-refractivity contribution >= 4 is 31.6 Å². The van der Waals surface area contributed by atoms with E-state index in [4.69, 9.17) is 14.2 Å². The number of carbonyl (C=O) groups excluding carboxylic acids is 1. The van der Waals surface area contributed by atoms with Gasteiger partial charge in [0.1, 0.15) is 18.1 Å². The van der Waals surface area contributed by atoms with Gasteiger partial charge in [0.25, 0.3) is 0 Å². The molecule has 2 aromatic rings. The third-order valence-electron chi connectivity index (χ3n) is 5.72. The molecule has 1 heterocycles. The van der Waals surface area contributed by atoms with Gasteiger partial charge in [-0.05, 0) is 49.7 Å². The van der Waals surface area contributed by atoms with Crippen LogP contribution in [0.2, 0.25) is 0 Å². The Bertz CT molecular complexity index is 1260. The number of hydrogen-bond donors (Lipinski definition) is 1. The van der Waals surface area contributed by atoms with Gasteiger partial charge in [0.2, 0.25) is 26.0 Å². The smallest absolute Gasteiger partial charge is 0.243 e. The molecule has 0 atom stereocenters. The normalized spacial score (nSPS) is 14.6. The van der Waals surface area contributed by atoms with Crippen molar-refractivity contribution in [2.75, 3.05) is 63.2 Å². The Morgan fingerprint density at radius 3 is 2.37 bits per heavy atom. The van der Waals surface area contributed by atoms with E-state index in [-0.39, 0.29) is 36.9 Å². The number of rotatable bonds is 14. The maximum Gasteiger partial charge on any atom is 0.243 e. The maximum absolute atomic E-state index is 12.7. The fourth-order valence-corrected chi connectivity index (χ4v) is 6.26. The molecule has 0 bridgehead atoms. The summed E-state index contributed by atoms with van der Waals surface area (Å²) in [6.45, 7) is 4.20. The van der Waals surface area contributed by atoms with E-state index in [1.807, 2.05) is 6.92 Å². The van der Waals surface area contributed by atoms with Crippen molar-refractivity contribution in [2.24, 2.45) is 0 Å². The molecule has 13 heteroatoms. The molecule has 0 unspecified atom stereocenters. The van der Waals surface area contributed by atoms with Gasteiger partial charge in [-0.25, -0.2) is 16.8 Å². The average Bonchev–Trinajstić information content (AvgIpc) is 2.90. The molecule has 11 nitrogen and oxygen atoms in total. The zero-order valence-electron chi connectivity index (χ0n) is 21.7. The van der Waals surface area contributed by atoms with E-state index in [2.05, 4.69) is 5.32 Å². The van der Waals surface area contributed by atoms with E-state index in [1.165, 1.54) is 20.7 Å². The summed E-state index contributed by atoms with van der Waals surface area (Å²) in [6.07, 6.45) is 1.58. The summed E-state index contributed by atoms with van der Waals surface area (Å²) >= 11 is 0. The summed E-state index contributed by atoms with van der Waals surface area (Å²) in [5.74, 6) is 0.720. The molecule has 0 aliphatic carbocycles.